The highest BCUT2D eigenvalue weighted by molar-refractivity contribution is 8.15. The lowest BCUT2D eigenvalue weighted by atomic mass is 10.0. The van der Waals surface area contributed by atoms with Crippen LogP contribution in [0.15, 0.2) is 95.3 Å². The molecule has 5 aromatic rings. The Morgan fingerprint density at radius 2 is 1.73 bits per heavy atom. The van der Waals surface area contributed by atoms with Crippen molar-refractivity contribution in [3.63, 3.8) is 0 Å². The van der Waals surface area contributed by atoms with E-state index in [2.05, 4.69) is 28.7 Å². The summed E-state index contributed by atoms with van der Waals surface area (Å²) in [6.45, 7) is 4.17. The second kappa shape index (κ2) is 11.6. The van der Waals surface area contributed by atoms with Crippen molar-refractivity contribution in [3.05, 3.63) is 96.3 Å². The lowest BCUT2D eigenvalue weighted by molar-refractivity contribution is -0.360. The Labute approximate surface area is 258 Å². The molecule has 1 aliphatic rings. The number of alkyl halides is 5. The van der Waals surface area contributed by atoms with Crippen molar-refractivity contribution in [1.29, 1.82) is 0 Å². The second-order valence-electron chi connectivity index (χ2n) is 10.5. The summed E-state index contributed by atoms with van der Waals surface area (Å²) in [5.41, 5.74) is 4.47. The van der Waals surface area contributed by atoms with Gasteiger partial charge in [0, 0.05) is 11.1 Å². The zero-order chi connectivity index (χ0) is 31.9. The first-order chi connectivity index (χ1) is 21.4. The Bertz CT molecular complexity index is 1970. The minimum Gasteiger partial charge on any atom is -0.426 e. The van der Waals surface area contributed by atoms with E-state index < -0.39 is 18.0 Å². The Morgan fingerprint density at radius 3 is 2.47 bits per heavy atom. The molecule has 6 rings (SSSR count). The summed E-state index contributed by atoms with van der Waals surface area (Å²) in [7, 11) is 0. The van der Waals surface area contributed by atoms with Crippen LogP contribution in [0.4, 0.5) is 27.6 Å². The molecule has 4 aromatic carbocycles. The molecule has 0 spiro atoms. The van der Waals surface area contributed by atoms with Crippen molar-refractivity contribution < 1.29 is 31.5 Å². The fourth-order valence-corrected chi connectivity index (χ4v) is 5.66. The van der Waals surface area contributed by atoms with Crippen LogP contribution in [0.3, 0.4) is 0 Å². The van der Waals surface area contributed by atoms with E-state index in [0.717, 1.165) is 39.7 Å². The van der Waals surface area contributed by atoms with Crippen LogP contribution in [0.5, 0.6) is 5.75 Å². The van der Waals surface area contributed by atoms with E-state index >= 15 is 0 Å². The summed E-state index contributed by atoms with van der Waals surface area (Å²) in [4.78, 5) is 21.9. The quantitative estimate of drug-likeness (QED) is 0.133. The first-order valence-electron chi connectivity index (χ1n) is 13.7. The van der Waals surface area contributed by atoms with Gasteiger partial charge in [0.15, 0.2) is 5.17 Å². The number of hydrogen-bond donors (Lipinski definition) is 0. The lowest BCUT2D eigenvalue weighted by Crippen LogP contribution is -2.41. The summed E-state index contributed by atoms with van der Waals surface area (Å²) < 4.78 is 69.5. The summed E-state index contributed by atoms with van der Waals surface area (Å²) in [6, 6.07) is 21.9. The van der Waals surface area contributed by atoms with E-state index in [1.165, 1.54) is 35.2 Å². The summed E-state index contributed by atoms with van der Waals surface area (Å²) in [5, 5.41) is 7.96. The monoisotopic (exact) mass is 637 g/mol. The number of hydrazone groups is 1. The summed E-state index contributed by atoms with van der Waals surface area (Å²) >= 11 is 1.33. The van der Waals surface area contributed by atoms with Gasteiger partial charge in [0.1, 0.15) is 12.1 Å². The smallest absolute Gasteiger partial charge is 0.426 e. The number of aliphatic imine (C=N–C) groups is 1. The third kappa shape index (κ3) is 5.99. The van der Waals surface area contributed by atoms with Gasteiger partial charge in [0.25, 0.3) is 5.91 Å². The van der Waals surface area contributed by atoms with Gasteiger partial charge in [-0.3, -0.25) is 9.36 Å². The molecule has 0 unspecified atom stereocenters. The molecule has 1 amide bonds. The average molecular weight is 638 g/mol. The molecular weight excluding hydrogens is 613 g/mol. The molecule has 13 heteroatoms. The molecule has 7 nitrogen and oxygen atoms in total. The van der Waals surface area contributed by atoms with Gasteiger partial charge in [-0.25, -0.2) is 9.98 Å². The van der Waals surface area contributed by atoms with Crippen molar-refractivity contribution in [2.45, 2.75) is 32.1 Å². The maximum Gasteiger partial charge on any atom is 0.499 e. The topological polar surface area (TPSA) is 72.1 Å². The minimum absolute atomic E-state index is 0.168. The Morgan fingerprint density at radius 1 is 0.978 bits per heavy atom. The number of thioether (sulfide) groups is 1. The van der Waals surface area contributed by atoms with E-state index in [1.54, 1.807) is 10.8 Å². The molecule has 0 bridgehead atoms. The largest absolute Gasteiger partial charge is 0.499 e. The number of para-hydroxylation sites is 1. The van der Waals surface area contributed by atoms with Crippen molar-refractivity contribution in [3.8, 4) is 11.4 Å². The molecule has 1 aliphatic heterocycles. The number of nitrogens with zero attached hydrogens (tertiary/aromatic N) is 5. The van der Waals surface area contributed by atoms with E-state index in [0.29, 0.717) is 21.9 Å². The number of rotatable bonds is 7. The van der Waals surface area contributed by atoms with Crippen LogP contribution in [-0.2, 0) is 4.79 Å². The molecule has 0 saturated carbocycles. The van der Waals surface area contributed by atoms with Crippen LogP contribution in [0.2, 0.25) is 0 Å². The Hall–Kier alpha value is -4.78. The zero-order valence-corrected chi connectivity index (χ0v) is 24.6. The predicted molar refractivity (Wildman–Crippen MR) is 165 cm³/mol. The van der Waals surface area contributed by atoms with Gasteiger partial charge in [-0.05, 0) is 64.9 Å². The van der Waals surface area contributed by atoms with E-state index in [4.69, 9.17) is 4.99 Å². The van der Waals surface area contributed by atoms with Crippen LogP contribution in [0, 0.1) is 0 Å². The third-order valence-electron chi connectivity index (χ3n) is 7.09. The van der Waals surface area contributed by atoms with Crippen molar-refractivity contribution in [2.75, 3.05) is 5.75 Å². The maximum atomic E-state index is 13.3. The number of carbonyl (C=O) groups is 1. The molecule has 1 saturated heterocycles. The van der Waals surface area contributed by atoms with Crippen LogP contribution < -0.4 is 4.74 Å². The van der Waals surface area contributed by atoms with E-state index in [1.807, 2.05) is 54.6 Å². The number of hydrogen-bond acceptors (Lipinski definition) is 6. The molecule has 230 valence electrons. The highest BCUT2D eigenvalue weighted by Crippen LogP contribution is 2.38. The summed E-state index contributed by atoms with van der Waals surface area (Å²) in [5.74, 6) is -0.284. The molecule has 2 heterocycles. The second-order valence-corrected chi connectivity index (χ2v) is 11.4. The Balaban J connectivity index is 1.24. The number of amides is 1. The van der Waals surface area contributed by atoms with Crippen LogP contribution in [-0.4, -0.2) is 49.9 Å². The fraction of sp³-hybridized carbons (Fsp3) is 0.188. The van der Waals surface area contributed by atoms with Gasteiger partial charge in [0.05, 0.1) is 28.7 Å². The number of ether oxygens (including phenoxy) is 1. The van der Waals surface area contributed by atoms with Gasteiger partial charge in [-0.15, -0.1) is 0 Å². The molecule has 0 N–H and O–H groups in total. The van der Waals surface area contributed by atoms with Crippen molar-refractivity contribution in [2.24, 2.45) is 10.1 Å². The number of aromatic nitrogens is 2. The SMILES string of the molecule is CC(C)c1ccccc1N=C1SCC(=O)N1/N=C\c1ccc2c(ccc3c2ncn3-c2ccc(OC(F)(F)C(F)(F)F)cc2)c1. The molecule has 1 fully saturated rings. The predicted octanol–water partition coefficient (Wildman–Crippen LogP) is 8.43. The zero-order valence-electron chi connectivity index (χ0n) is 23.8. The first kappa shape index (κ1) is 30.3. The number of halogens is 5. The molecule has 0 atom stereocenters. The fourth-order valence-electron chi connectivity index (χ4n) is 4.85. The third-order valence-corrected chi connectivity index (χ3v) is 8.00. The molecule has 0 radical (unpaired) electrons. The highest BCUT2D eigenvalue weighted by Gasteiger charge is 2.61. The standard InChI is InChI=1S/C32H24F5N5O2S/c1-19(2)24-5-3-4-6-26(24)40-30-42(28(43)17-45-30)39-16-20-7-13-25-21(15-20)8-14-27-29(25)38-18-41(27)22-9-11-23(12-10-22)44-32(36,37)31(33,34)35/h3-16,18-19H,17H2,1-2H3/b39-16-,40-30?. The molecule has 1 aromatic heterocycles. The van der Waals surface area contributed by atoms with E-state index in [-0.39, 0.29) is 17.6 Å². The van der Waals surface area contributed by atoms with Gasteiger partial charge in [-0.2, -0.15) is 32.1 Å². The lowest BCUT2D eigenvalue weighted by Gasteiger charge is -2.20. The van der Waals surface area contributed by atoms with Crippen LogP contribution in [0.25, 0.3) is 27.5 Å². The van der Waals surface area contributed by atoms with Crippen molar-refractivity contribution >= 4 is 56.5 Å². The Kier molecular flexibility index (Phi) is 7.81. The minimum atomic E-state index is -5.83. The summed E-state index contributed by atoms with van der Waals surface area (Å²) in [6.07, 6.45) is -8.01. The average Bonchev–Trinajstić information content (AvgIpc) is 3.59. The van der Waals surface area contributed by atoms with Crippen molar-refractivity contribution in [1.82, 2.24) is 14.6 Å². The number of benzene rings is 4. The van der Waals surface area contributed by atoms with Gasteiger partial charge >= 0.3 is 12.3 Å². The molecule has 45 heavy (non-hydrogen) atoms. The number of amidine groups is 1. The van der Waals surface area contributed by atoms with Gasteiger partial charge in [0.2, 0.25) is 0 Å². The number of fused-ring (bicyclic) bond motifs is 3. The number of imidazole rings is 1. The van der Waals surface area contributed by atoms with Crippen LogP contribution in [0.1, 0.15) is 30.9 Å². The van der Waals surface area contributed by atoms with Gasteiger partial charge in [-0.1, -0.05) is 62.0 Å². The van der Waals surface area contributed by atoms with E-state index in [9.17, 15) is 26.7 Å². The normalized spacial score (nSPS) is 15.4. The first-order valence-corrected chi connectivity index (χ1v) is 14.7. The van der Waals surface area contributed by atoms with Gasteiger partial charge < -0.3 is 4.74 Å². The highest BCUT2D eigenvalue weighted by atomic mass is 32.2. The molecule has 0 aliphatic carbocycles. The number of carbonyl (C=O) groups excluding carboxylic acids is 1. The maximum absolute atomic E-state index is 13.3. The van der Waals surface area contributed by atoms with Crippen LogP contribution >= 0.6 is 11.8 Å². The molecular formula is C32H24F5N5O2S.